The van der Waals surface area contributed by atoms with E-state index in [2.05, 4.69) is 17.3 Å². The van der Waals surface area contributed by atoms with E-state index in [0.29, 0.717) is 11.9 Å². The maximum Gasteiger partial charge on any atom is 0.224 e. The van der Waals surface area contributed by atoms with Crippen molar-refractivity contribution >= 4 is 5.91 Å². The smallest absolute Gasteiger partial charge is 0.224 e. The second kappa shape index (κ2) is 7.13. The molecule has 1 saturated heterocycles. The molecule has 2 fully saturated rings. The molecule has 0 aromatic carbocycles. The summed E-state index contributed by atoms with van der Waals surface area (Å²) in [6, 6.07) is 0.449. The van der Waals surface area contributed by atoms with Gasteiger partial charge in [0, 0.05) is 12.6 Å². The van der Waals surface area contributed by atoms with E-state index >= 15 is 0 Å². The lowest BCUT2D eigenvalue weighted by Gasteiger charge is -2.30. The Morgan fingerprint density at radius 1 is 1.00 bits per heavy atom. The zero-order valence-electron chi connectivity index (χ0n) is 11.8. The van der Waals surface area contributed by atoms with Crippen molar-refractivity contribution in [1.29, 1.82) is 0 Å². The van der Waals surface area contributed by atoms with Crippen molar-refractivity contribution in [2.45, 2.75) is 63.8 Å². The van der Waals surface area contributed by atoms with Gasteiger partial charge in [-0.05, 0) is 39.3 Å². The van der Waals surface area contributed by atoms with Crippen molar-refractivity contribution in [3.05, 3.63) is 0 Å². The molecule has 0 spiro atoms. The van der Waals surface area contributed by atoms with Crippen LogP contribution in [0.2, 0.25) is 0 Å². The SMILES string of the molecule is CN1CCC[C@H](C(=O)NC2CCCCCCC2)C1. The number of likely N-dealkylation sites (tertiary alicyclic amines) is 1. The normalized spacial score (nSPS) is 28.4. The summed E-state index contributed by atoms with van der Waals surface area (Å²) in [5.41, 5.74) is 0. The lowest BCUT2D eigenvalue weighted by atomic mass is 9.94. The van der Waals surface area contributed by atoms with Crippen molar-refractivity contribution in [2.24, 2.45) is 5.92 Å². The van der Waals surface area contributed by atoms with E-state index in [1.165, 1.54) is 51.4 Å². The third kappa shape index (κ3) is 4.27. The van der Waals surface area contributed by atoms with Gasteiger partial charge in [-0.15, -0.1) is 0 Å². The van der Waals surface area contributed by atoms with Crippen LogP contribution in [0.5, 0.6) is 0 Å². The molecule has 2 rings (SSSR count). The molecule has 104 valence electrons. The van der Waals surface area contributed by atoms with Crippen LogP contribution in [0.4, 0.5) is 0 Å². The molecule has 0 radical (unpaired) electrons. The van der Waals surface area contributed by atoms with E-state index in [-0.39, 0.29) is 5.92 Å². The fourth-order valence-electron chi connectivity index (χ4n) is 3.30. The van der Waals surface area contributed by atoms with E-state index in [0.717, 1.165) is 19.5 Å². The van der Waals surface area contributed by atoms with E-state index in [1.807, 2.05) is 0 Å². The molecule has 0 aromatic heterocycles. The van der Waals surface area contributed by atoms with E-state index in [1.54, 1.807) is 0 Å². The average molecular weight is 252 g/mol. The summed E-state index contributed by atoms with van der Waals surface area (Å²) in [6.07, 6.45) is 11.3. The summed E-state index contributed by atoms with van der Waals surface area (Å²) in [4.78, 5) is 14.6. The third-order valence-corrected chi connectivity index (χ3v) is 4.45. The van der Waals surface area contributed by atoms with Gasteiger partial charge in [-0.25, -0.2) is 0 Å². The number of piperidine rings is 1. The molecule has 3 heteroatoms. The average Bonchev–Trinajstić information content (AvgIpc) is 2.32. The predicted molar refractivity (Wildman–Crippen MR) is 74.5 cm³/mol. The quantitative estimate of drug-likeness (QED) is 0.819. The molecule has 1 N–H and O–H groups in total. The van der Waals surface area contributed by atoms with Gasteiger partial charge in [-0.2, -0.15) is 0 Å². The van der Waals surface area contributed by atoms with Gasteiger partial charge in [-0.3, -0.25) is 4.79 Å². The van der Waals surface area contributed by atoms with Crippen LogP contribution in [0.3, 0.4) is 0 Å². The fraction of sp³-hybridized carbons (Fsp3) is 0.933. The molecule has 1 saturated carbocycles. The van der Waals surface area contributed by atoms with Crippen LogP contribution in [-0.2, 0) is 4.79 Å². The van der Waals surface area contributed by atoms with Crippen LogP contribution in [0.25, 0.3) is 0 Å². The number of nitrogens with one attached hydrogen (secondary N) is 1. The molecule has 0 aromatic rings. The highest BCUT2D eigenvalue weighted by molar-refractivity contribution is 5.79. The van der Waals surface area contributed by atoms with Crippen LogP contribution < -0.4 is 5.32 Å². The second-order valence-electron chi connectivity index (χ2n) is 6.15. The molecule has 1 atom stereocenters. The van der Waals surface area contributed by atoms with Crippen molar-refractivity contribution in [2.75, 3.05) is 20.1 Å². The highest BCUT2D eigenvalue weighted by atomic mass is 16.2. The van der Waals surface area contributed by atoms with E-state index < -0.39 is 0 Å². The summed E-state index contributed by atoms with van der Waals surface area (Å²) < 4.78 is 0. The van der Waals surface area contributed by atoms with Crippen molar-refractivity contribution in [3.8, 4) is 0 Å². The Labute approximate surface area is 111 Å². The minimum atomic E-state index is 0.231. The van der Waals surface area contributed by atoms with Crippen molar-refractivity contribution < 1.29 is 4.79 Å². The van der Waals surface area contributed by atoms with Gasteiger partial charge in [0.05, 0.1) is 5.92 Å². The lowest BCUT2D eigenvalue weighted by Crippen LogP contribution is -2.45. The number of hydrogen-bond donors (Lipinski definition) is 1. The van der Waals surface area contributed by atoms with Crippen LogP contribution in [0, 0.1) is 5.92 Å². The standard InChI is InChI=1S/C15H28N2O/c1-17-11-7-8-13(12-17)15(18)16-14-9-5-3-2-4-6-10-14/h13-14H,2-12H2,1H3,(H,16,18)/t13-/m0/s1. The van der Waals surface area contributed by atoms with Crippen molar-refractivity contribution in [3.63, 3.8) is 0 Å². The van der Waals surface area contributed by atoms with Gasteiger partial charge in [0.15, 0.2) is 0 Å². The van der Waals surface area contributed by atoms with E-state index in [4.69, 9.17) is 0 Å². The van der Waals surface area contributed by atoms with Gasteiger partial charge in [0.25, 0.3) is 0 Å². The number of carbonyl (C=O) groups excluding carboxylic acids is 1. The summed E-state index contributed by atoms with van der Waals surface area (Å²) in [5.74, 6) is 0.543. The van der Waals surface area contributed by atoms with Crippen LogP contribution in [-0.4, -0.2) is 37.0 Å². The first-order valence-electron chi connectivity index (χ1n) is 7.74. The second-order valence-corrected chi connectivity index (χ2v) is 6.15. The number of hydrogen-bond acceptors (Lipinski definition) is 2. The largest absolute Gasteiger partial charge is 0.353 e. The zero-order valence-corrected chi connectivity index (χ0v) is 11.8. The molecule has 18 heavy (non-hydrogen) atoms. The number of amides is 1. The maximum absolute atomic E-state index is 12.3. The highest BCUT2D eigenvalue weighted by Crippen LogP contribution is 2.19. The molecule has 0 bridgehead atoms. The number of carbonyl (C=O) groups is 1. The number of rotatable bonds is 2. The minimum Gasteiger partial charge on any atom is -0.353 e. The van der Waals surface area contributed by atoms with Crippen molar-refractivity contribution in [1.82, 2.24) is 10.2 Å². The minimum absolute atomic E-state index is 0.231. The van der Waals surface area contributed by atoms with Crippen LogP contribution in [0.1, 0.15) is 57.8 Å². The Kier molecular flexibility index (Phi) is 5.48. The molecular formula is C15H28N2O. The first-order valence-corrected chi connectivity index (χ1v) is 7.74. The van der Waals surface area contributed by atoms with Gasteiger partial charge in [0.2, 0.25) is 5.91 Å². The summed E-state index contributed by atoms with van der Waals surface area (Å²) in [5, 5.41) is 3.31. The Morgan fingerprint density at radius 2 is 1.67 bits per heavy atom. The maximum atomic E-state index is 12.3. The Balaban J connectivity index is 1.77. The zero-order chi connectivity index (χ0) is 12.8. The van der Waals surface area contributed by atoms with Crippen LogP contribution >= 0.6 is 0 Å². The molecule has 1 aliphatic heterocycles. The molecular weight excluding hydrogens is 224 g/mol. The summed E-state index contributed by atoms with van der Waals surface area (Å²) >= 11 is 0. The lowest BCUT2D eigenvalue weighted by molar-refractivity contribution is -0.127. The molecule has 1 amide bonds. The molecule has 2 aliphatic rings. The summed E-state index contributed by atoms with van der Waals surface area (Å²) in [6.45, 7) is 2.09. The molecule has 1 heterocycles. The Morgan fingerprint density at radius 3 is 2.33 bits per heavy atom. The summed E-state index contributed by atoms with van der Waals surface area (Å²) in [7, 11) is 2.12. The van der Waals surface area contributed by atoms with Gasteiger partial charge in [0.1, 0.15) is 0 Å². The van der Waals surface area contributed by atoms with Gasteiger partial charge < -0.3 is 10.2 Å². The molecule has 3 nitrogen and oxygen atoms in total. The molecule has 0 unspecified atom stereocenters. The number of nitrogens with zero attached hydrogens (tertiary/aromatic N) is 1. The predicted octanol–water partition coefficient (Wildman–Crippen LogP) is 2.56. The van der Waals surface area contributed by atoms with Crippen LogP contribution in [0.15, 0.2) is 0 Å². The van der Waals surface area contributed by atoms with Gasteiger partial charge in [-0.1, -0.05) is 32.1 Å². The highest BCUT2D eigenvalue weighted by Gasteiger charge is 2.25. The fourth-order valence-corrected chi connectivity index (χ4v) is 3.30. The third-order valence-electron chi connectivity index (χ3n) is 4.45. The topological polar surface area (TPSA) is 32.3 Å². The first kappa shape index (κ1) is 13.9. The Bertz CT molecular complexity index is 259. The monoisotopic (exact) mass is 252 g/mol. The first-order chi connectivity index (χ1) is 8.75. The molecule has 1 aliphatic carbocycles. The Hall–Kier alpha value is -0.570. The van der Waals surface area contributed by atoms with E-state index in [9.17, 15) is 4.79 Å². The van der Waals surface area contributed by atoms with Gasteiger partial charge >= 0.3 is 0 Å².